The van der Waals surface area contributed by atoms with Gasteiger partial charge in [0.05, 0.1) is 23.0 Å². The number of benzene rings is 1. The van der Waals surface area contributed by atoms with Crippen molar-refractivity contribution in [3.8, 4) is 11.3 Å². The highest BCUT2D eigenvalue weighted by Crippen LogP contribution is 2.44. The van der Waals surface area contributed by atoms with E-state index >= 15 is 0 Å². The van der Waals surface area contributed by atoms with Crippen molar-refractivity contribution in [2.45, 2.75) is 44.4 Å². The Labute approximate surface area is 195 Å². The van der Waals surface area contributed by atoms with Gasteiger partial charge in [0.15, 0.2) is 18.3 Å². The van der Waals surface area contributed by atoms with Crippen LogP contribution in [0.15, 0.2) is 54.7 Å². The molecule has 0 saturated carbocycles. The number of fused-ring (bicyclic) bond motifs is 4. The molecule has 2 aromatic heterocycles. The van der Waals surface area contributed by atoms with E-state index in [1.807, 2.05) is 31.2 Å². The van der Waals surface area contributed by atoms with Gasteiger partial charge in [-0.05, 0) is 55.7 Å². The summed E-state index contributed by atoms with van der Waals surface area (Å²) in [6.07, 6.45) is -1.02. The summed E-state index contributed by atoms with van der Waals surface area (Å²) in [5, 5.41) is 3.37. The monoisotopic (exact) mass is 467 g/mol. The Balaban J connectivity index is 1.34. The van der Waals surface area contributed by atoms with E-state index in [-0.39, 0.29) is 18.5 Å². The van der Waals surface area contributed by atoms with E-state index in [2.05, 4.69) is 20.1 Å². The van der Waals surface area contributed by atoms with Gasteiger partial charge in [0.1, 0.15) is 5.82 Å². The molecule has 0 aliphatic carbocycles. The Morgan fingerprint density at radius 1 is 1.12 bits per heavy atom. The lowest BCUT2D eigenvalue weighted by atomic mass is 9.99. The fourth-order valence-corrected chi connectivity index (χ4v) is 4.99. The smallest absolute Gasteiger partial charge is 0.366 e. The van der Waals surface area contributed by atoms with Crippen LogP contribution in [0.2, 0.25) is 0 Å². The zero-order chi connectivity index (χ0) is 23.4. The number of aryl methyl sites for hydroxylation is 1. The summed E-state index contributed by atoms with van der Waals surface area (Å²) in [5.74, 6) is 1.54. The maximum Gasteiger partial charge on any atom is 0.416 e. The number of nitrogens with one attached hydrogen (secondary N) is 1. The molecule has 0 spiro atoms. The standard InChI is InChI=1S/C25H24F3N5O/c1-15-5-3-11-29-21(15)31-23-24(34-23)33-18-8-4-12-32(14-18)20-10-9-19(30-22(20)33)16-6-2-7-17(13-16)25(26,27)28/h2-3,5-7,9-11,13,18,23-24H,4,8,12,14H2,1H3,(H,29,31)/t18-,23?,24?/m0/s1. The third-order valence-corrected chi connectivity index (χ3v) is 6.75. The summed E-state index contributed by atoms with van der Waals surface area (Å²) in [6.45, 7) is 3.82. The first-order chi connectivity index (χ1) is 16.4. The van der Waals surface area contributed by atoms with Crippen LogP contribution in [0.25, 0.3) is 11.3 Å². The lowest BCUT2D eigenvalue weighted by Crippen LogP contribution is -2.54. The molecule has 3 aliphatic heterocycles. The molecule has 1 aromatic carbocycles. The van der Waals surface area contributed by atoms with Crippen LogP contribution in [-0.4, -0.2) is 41.6 Å². The molecule has 2 bridgehead atoms. The van der Waals surface area contributed by atoms with Crippen LogP contribution >= 0.6 is 0 Å². The Morgan fingerprint density at radius 2 is 2.00 bits per heavy atom. The number of epoxide rings is 1. The normalized spacial score (nSPS) is 23.5. The third kappa shape index (κ3) is 3.73. The van der Waals surface area contributed by atoms with Crippen LogP contribution in [0.3, 0.4) is 0 Å². The zero-order valence-electron chi connectivity index (χ0n) is 18.6. The van der Waals surface area contributed by atoms with Crippen molar-refractivity contribution < 1.29 is 17.9 Å². The molecule has 6 rings (SSSR count). The number of alkyl halides is 3. The molecule has 6 nitrogen and oxygen atoms in total. The molecular weight excluding hydrogens is 443 g/mol. The van der Waals surface area contributed by atoms with Crippen molar-refractivity contribution in [1.82, 2.24) is 9.97 Å². The minimum Gasteiger partial charge on any atom is -0.366 e. The van der Waals surface area contributed by atoms with Crippen LogP contribution in [0.4, 0.5) is 30.5 Å². The van der Waals surface area contributed by atoms with Gasteiger partial charge in [-0.1, -0.05) is 18.2 Å². The van der Waals surface area contributed by atoms with Crippen LogP contribution in [0.5, 0.6) is 0 Å². The molecule has 2 fully saturated rings. The van der Waals surface area contributed by atoms with Gasteiger partial charge in [0.2, 0.25) is 0 Å². The molecular formula is C25H24F3N5O. The number of anilines is 3. The Morgan fingerprint density at radius 3 is 2.82 bits per heavy atom. The molecule has 9 heteroatoms. The minimum absolute atomic E-state index is 0.213. The SMILES string of the molecule is Cc1cccnc1NC1OC1N1c2nc(-c3cccc(C(F)(F)F)c3)ccc2N2CCC[C@H]1C2. The Bertz CT molecular complexity index is 1230. The first-order valence-electron chi connectivity index (χ1n) is 11.4. The zero-order valence-corrected chi connectivity index (χ0v) is 18.6. The van der Waals surface area contributed by atoms with Gasteiger partial charge in [0, 0.05) is 24.8 Å². The largest absolute Gasteiger partial charge is 0.416 e. The number of hydrogen-bond acceptors (Lipinski definition) is 6. The van der Waals surface area contributed by atoms with E-state index in [1.54, 1.807) is 12.3 Å². The summed E-state index contributed by atoms with van der Waals surface area (Å²) >= 11 is 0. The number of nitrogens with zero attached hydrogens (tertiary/aromatic N) is 4. The number of halogens is 3. The van der Waals surface area contributed by atoms with E-state index in [4.69, 9.17) is 9.72 Å². The maximum atomic E-state index is 13.3. The summed E-state index contributed by atoms with van der Waals surface area (Å²) in [4.78, 5) is 13.8. The second-order valence-corrected chi connectivity index (χ2v) is 9.03. The van der Waals surface area contributed by atoms with Crippen molar-refractivity contribution >= 4 is 17.3 Å². The molecule has 5 heterocycles. The van der Waals surface area contributed by atoms with E-state index in [9.17, 15) is 13.2 Å². The molecule has 176 valence electrons. The van der Waals surface area contributed by atoms with Crippen LogP contribution in [0, 0.1) is 6.92 Å². The third-order valence-electron chi connectivity index (χ3n) is 6.75. The number of rotatable bonds is 4. The summed E-state index contributed by atoms with van der Waals surface area (Å²) in [5.41, 5.74) is 2.31. The van der Waals surface area contributed by atoms with E-state index in [1.165, 1.54) is 6.07 Å². The van der Waals surface area contributed by atoms with Crippen molar-refractivity contribution in [3.05, 3.63) is 65.9 Å². The van der Waals surface area contributed by atoms with Crippen molar-refractivity contribution in [2.24, 2.45) is 0 Å². The fourth-order valence-electron chi connectivity index (χ4n) is 4.99. The average molecular weight is 467 g/mol. The second-order valence-electron chi connectivity index (χ2n) is 9.03. The highest BCUT2D eigenvalue weighted by molar-refractivity contribution is 5.76. The van der Waals surface area contributed by atoms with E-state index in [0.29, 0.717) is 11.3 Å². The predicted molar refractivity (Wildman–Crippen MR) is 124 cm³/mol. The molecule has 3 aliphatic rings. The molecule has 2 unspecified atom stereocenters. The number of piperidine rings is 1. The lowest BCUT2D eigenvalue weighted by Gasteiger charge is -2.46. The number of aromatic nitrogens is 2. The number of pyridine rings is 2. The topological polar surface area (TPSA) is 56.8 Å². The molecule has 34 heavy (non-hydrogen) atoms. The Hall–Kier alpha value is -3.33. The average Bonchev–Trinajstić information content (AvgIpc) is 3.58. The van der Waals surface area contributed by atoms with Crippen molar-refractivity contribution in [3.63, 3.8) is 0 Å². The van der Waals surface area contributed by atoms with Gasteiger partial charge in [-0.25, -0.2) is 9.97 Å². The van der Waals surface area contributed by atoms with E-state index < -0.39 is 11.7 Å². The molecule has 0 amide bonds. The van der Waals surface area contributed by atoms with Gasteiger partial charge < -0.3 is 19.9 Å². The Kier molecular flexibility index (Phi) is 4.91. The predicted octanol–water partition coefficient (Wildman–Crippen LogP) is 5.05. The van der Waals surface area contributed by atoms with Gasteiger partial charge in [-0.2, -0.15) is 13.2 Å². The highest BCUT2D eigenvalue weighted by atomic mass is 19.4. The maximum absolute atomic E-state index is 13.3. The summed E-state index contributed by atoms with van der Waals surface area (Å²) in [7, 11) is 0. The number of hydrogen-bond donors (Lipinski definition) is 1. The van der Waals surface area contributed by atoms with Gasteiger partial charge in [-0.3, -0.25) is 0 Å². The van der Waals surface area contributed by atoms with Crippen LogP contribution in [0.1, 0.15) is 24.0 Å². The first kappa shape index (κ1) is 21.2. The summed E-state index contributed by atoms with van der Waals surface area (Å²) in [6, 6.07) is 13.2. The van der Waals surface area contributed by atoms with E-state index in [0.717, 1.165) is 61.0 Å². The van der Waals surface area contributed by atoms with Crippen LogP contribution in [-0.2, 0) is 10.9 Å². The molecule has 0 radical (unpaired) electrons. The lowest BCUT2D eigenvalue weighted by molar-refractivity contribution is -0.137. The van der Waals surface area contributed by atoms with Crippen LogP contribution < -0.4 is 15.1 Å². The second kappa shape index (κ2) is 7.87. The van der Waals surface area contributed by atoms with Gasteiger partial charge in [-0.15, -0.1) is 0 Å². The fraction of sp³-hybridized carbons (Fsp3) is 0.360. The van der Waals surface area contributed by atoms with Gasteiger partial charge in [0.25, 0.3) is 0 Å². The first-order valence-corrected chi connectivity index (χ1v) is 11.4. The highest BCUT2D eigenvalue weighted by Gasteiger charge is 2.50. The molecule has 3 atom stereocenters. The number of ether oxygens (including phenoxy) is 1. The minimum atomic E-state index is -4.40. The molecule has 1 N–H and O–H groups in total. The quantitative estimate of drug-likeness (QED) is 0.542. The molecule has 2 saturated heterocycles. The van der Waals surface area contributed by atoms with Gasteiger partial charge >= 0.3 is 6.18 Å². The molecule has 3 aromatic rings. The van der Waals surface area contributed by atoms with Crippen molar-refractivity contribution in [2.75, 3.05) is 28.2 Å². The van der Waals surface area contributed by atoms with Crippen molar-refractivity contribution in [1.29, 1.82) is 0 Å². The summed E-state index contributed by atoms with van der Waals surface area (Å²) < 4.78 is 45.9.